The second kappa shape index (κ2) is 50.3. The fourth-order valence-corrected chi connectivity index (χ4v) is 26.1. The van der Waals surface area contributed by atoms with Crippen molar-refractivity contribution in [3.63, 3.8) is 0 Å². The summed E-state index contributed by atoms with van der Waals surface area (Å²) in [4.78, 5) is 132. The predicted molar refractivity (Wildman–Crippen MR) is 564 cm³/mol. The maximum atomic E-state index is 13.3. The number of ether oxygens (including phenoxy) is 4. The molecule has 0 spiro atoms. The molecular formula is C91H124N26O20P4S4Si2. The van der Waals surface area contributed by atoms with Gasteiger partial charge in [-0.2, -0.15) is 15.8 Å². The number of rotatable bonds is 36. The highest BCUT2D eigenvalue weighted by atomic mass is 32.5. The summed E-state index contributed by atoms with van der Waals surface area (Å²) in [6, 6.07) is 20.6. The lowest BCUT2D eigenvalue weighted by Crippen LogP contribution is -2.53. The third-order valence-corrected chi connectivity index (χ3v) is 43.3. The van der Waals surface area contributed by atoms with E-state index in [1.54, 1.807) is 113 Å². The predicted octanol–water partition coefficient (Wildman–Crippen LogP) is 12.2. The number of nitrogens with one attached hydrogen (secondary N) is 7. The van der Waals surface area contributed by atoms with Gasteiger partial charge in [-0.1, -0.05) is 127 Å². The SMILES string of the molecule is C.CC(C)C(=O)Cc1nc2c(ncn2[C@@H]2O[C@H](COP(=S)(N[C@H]3[C@@H](O[Si](C)(C)C(C)(C)C)[C@H](n4cnc5c(NC(=O)c6ccccc6)ncnc54)O[C@@H]3COP=S)OCCC#N)[C@@H](N)[C@H]2C)c(=O)[nH]1.N#CCCO.[C-]#[N+]CCOP1(=S)N[C@H]2[C@@H](C)[C@H](n3cnc4c(=O)[nH]c(CC(=O)C(C)C)nc43)O[C@@H]2COP(=S)(OCCC#N)N[C@H]2[C@@H](O[Si](C)(C)C(C)(C)C)[C@H](n3cnc4c(NC(=O)c5ccccc5)ncnc43)O[C@@H]2CO1. The van der Waals surface area contributed by atoms with Crippen molar-refractivity contribution in [3.05, 3.63) is 154 Å². The summed E-state index contributed by atoms with van der Waals surface area (Å²) >= 11 is 24.1. The average Bonchev–Trinajstić information content (AvgIpc) is 1.60. The summed E-state index contributed by atoms with van der Waals surface area (Å²) in [6.07, 6.45) is 0.541. The molecule has 10 aromatic rings. The zero-order valence-electron chi connectivity index (χ0n) is 83.3. The van der Waals surface area contributed by atoms with Crippen LogP contribution in [0.25, 0.3) is 49.5 Å². The number of nitrogens with zero attached hydrogens (tertiary/aromatic N) is 18. The zero-order valence-corrected chi connectivity index (χ0v) is 92.1. The first kappa shape index (κ1) is 116. The van der Waals surface area contributed by atoms with Crippen LogP contribution in [0.4, 0.5) is 11.6 Å². The lowest BCUT2D eigenvalue weighted by Gasteiger charge is -2.41. The molecule has 2 aromatic carbocycles. The van der Waals surface area contributed by atoms with Crippen LogP contribution in [-0.4, -0.2) is 243 Å². The van der Waals surface area contributed by atoms with E-state index in [1.807, 2.05) is 26.0 Å². The second-order valence-electron chi connectivity index (χ2n) is 38.8. The van der Waals surface area contributed by atoms with E-state index < -0.39 is 139 Å². The van der Waals surface area contributed by atoms with Crippen LogP contribution in [0, 0.1) is 64.2 Å². The molecule has 0 radical (unpaired) electrons. The quantitative estimate of drug-likeness (QED) is 0.00762. The van der Waals surface area contributed by atoms with E-state index >= 15 is 0 Å². The first-order valence-electron chi connectivity index (χ1n) is 47.1. The lowest BCUT2D eigenvalue weighted by molar-refractivity contribution is -0.122. The molecule has 5 fully saturated rings. The van der Waals surface area contributed by atoms with E-state index in [-0.39, 0.29) is 203 Å². The number of benzene rings is 2. The molecule has 3 unspecified atom stereocenters. The maximum absolute atomic E-state index is 13.3. The van der Waals surface area contributed by atoms with Gasteiger partial charge < -0.3 is 95.8 Å². The van der Waals surface area contributed by atoms with Crippen molar-refractivity contribution in [1.29, 1.82) is 15.8 Å². The molecule has 0 aliphatic carbocycles. The molecule has 0 saturated carbocycles. The number of carbonyl (C=O) groups excluding carboxylic acids is 4. The van der Waals surface area contributed by atoms with Crippen LogP contribution in [0.3, 0.4) is 0 Å². The van der Waals surface area contributed by atoms with Crippen molar-refractivity contribution in [2.75, 3.05) is 70.0 Å². The third-order valence-electron chi connectivity index (χ3n) is 26.1. The molecule has 2 amide bonds. The van der Waals surface area contributed by atoms with Gasteiger partial charge in [0.25, 0.3) is 42.9 Å². The van der Waals surface area contributed by atoms with Crippen molar-refractivity contribution in [2.24, 2.45) is 29.4 Å². The topological polar surface area (TPSA) is 585 Å². The van der Waals surface area contributed by atoms with E-state index in [0.29, 0.717) is 33.5 Å². The van der Waals surface area contributed by atoms with Gasteiger partial charge in [0.15, 0.2) is 85.4 Å². The van der Waals surface area contributed by atoms with E-state index in [0.717, 1.165) is 0 Å². The summed E-state index contributed by atoms with van der Waals surface area (Å²) in [7, 11) is -5.12. The van der Waals surface area contributed by atoms with Crippen LogP contribution in [0.2, 0.25) is 36.3 Å². The summed E-state index contributed by atoms with van der Waals surface area (Å²) in [6.45, 7) is 28.0. The Hall–Kier alpha value is -9.34. The Morgan fingerprint density at radius 1 is 0.605 bits per heavy atom. The number of nitriles is 3. The summed E-state index contributed by atoms with van der Waals surface area (Å²) in [5, 5.41) is 50.3. The number of aliphatic hydroxyl groups is 1. The van der Waals surface area contributed by atoms with Crippen LogP contribution in [0.5, 0.6) is 0 Å². The van der Waals surface area contributed by atoms with E-state index in [4.69, 9.17) is 129 Å². The number of hydrogen-bond acceptors (Lipinski definition) is 38. The van der Waals surface area contributed by atoms with Gasteiger partial charge in [0.05, 0.1) is 146 Å². The Kier molecular flexibility index (Phi) is 39.8. The molecule has 0 bridgehead atoms. The molecular weight excluding hydrogens is 2090 g/mol. The molecule has 147 heavy (non-hydrogen) atoms. The van der Waals surface area contributed by atoms with E-state index in [2.05, 4.69) is 170 Å². The monoisotopic (exact) mass is 2210 g/mol. The Balaban J connectivity index is 0.000000249. The van der Waals surface area contributed by atoms with Gasteiger partial charge in [-0.3, -0.25) is 47.0 Å². The Bertz CT molecular complexity index is 6810. The number of aromatic amines is 2. The number of ketones is 2. The first-order chi connectivity index (χ1) is 69.3. The first-order valence-corrected chi connectivity index (χ1v) is 62.7. The van der Waals surface area contributed by atoms with Crippen LogP contribution in [0.15, 0.2) is 108 Å². The standard InChI is InChI=1S/C45H59N13O10P2S2Si.C42H56N12O9P2S2Si.C3H5NO.CH4/c1-26(2)29(59)20-32-52-40-36(42(61)53-32)51-25-58(40)43-27(3)33-30(66-43)21-64-70(72,62-18-13-16-46)56-34-31(22-65-69(71,55-33)63-19-17-47-7)67-44(37(34)68-73(8,9)45(4,5)6)57-24-50-35-38(48-23-49-39(35)57)54-41(60)28-14-11-10-12-15-28;1-23(2)26(55)17-29-49-37-33(39(57)50-29)48-22-54(37)40-24(3)30(44)27(61-40)19-60-65(67,59-16-12-15-43)52-31-28(18-58-64-66)62-41(34(31)63-68(7,8)42(4,5)6)53-21-47-32-35(45-20-46-36(32)53)51-38(56)25-13-10-9-11-14-25;4-2-1-3-5;/h10-12,14-15,23-27,30-31,33-34,37,43-44H,13,17-22H2,1-6,8-9H3,(H,55,71)(H,56,72)(H,52,53,61)(H,48,49,54,60);9-11,13-14,20-24,27-28,30-31,34,40-41H,12,16-19,44H2,1-8H3,(H,52,67)(H,49,50,57)(H,45,46,51,56);5H,1,3H2;1H4/t27-,30-,31-,33+,34-,37-,43-,44-,69?,70?;24-,27-,28-,30+,31-,34-,40-,41-,65?;;/m11../s1. The summed E-state index contributed by atoms with van der Waals surface area (Å²) < 4.78 is 93.5. The number of anilines is 2. The number of Topliss-reactive ketones (excluding diaryl/α,β-unsaturated/α-hetero) is 2. The molecule has 10 N–H and O–H groups in total. The minimum absolute atomic E-state index is 0. The van der Waals surface area contributed by atoms with Gasteiger partial charge >= 0.3 is 0 Å². The molecule has 15 rings (SSSR count). The molecule has 5 aliphatic heterocycles. The fraction of sp³-hybridized carbons (Fsp3) is 0.560. The molecule has 5 aliphatic rings. The lowest BCUT2D eigenvalue weighted by atomic mass is 10.00. The number of hydrogen-bond donors (Lipinski definition) is 9. The van der Waals surface area contributed by atoms with Crippen LogP contribution in [-0.2, 0) is 129 Å². The molecule has 790 valence electrons. The highest BCUT2D eigenvalue weighted by molar-refractivity contribution is 8.09. The number of fused-ring (bicyclic) bond motifs is 6. The average molecular weight is 2210 g/mol. The van der Waals surface area contributed by atoms with Crippen molar-refractivity contribution in [1.82, 2.24) is 93.3 Å². The fourth-order valence-electron chi connectivity index (χ4n) is 16.0. The summed E-state index contributed by atoms with van der Waals surface area (Å²) in [5.74, 6) is -1.48. The van der Waals surface area contributed by atoms with Crippen molar-refractivity contribution in [3.8, 4) is 18.2 Å². The smallest absolute Gasteiger partial charge is 0.279 e. The van der Waals surface area contributed by atoms with Crippen LogP contribution < -0.4 is 42.7 Å². The minimum atomic E-state index is -3.65. The van der Waals surface area contributed by atoms with Gasteiger partial charge in [0, 0.05) is 40.8 Å². The molecule has 13 heterocycles. The Morgan fingerprint density at radius 3 is 1.50 bits per heavy atom. The maximum Gasteiger partial charge on any atom is 0.279 e. The van der Waals surface area contributed by atoms with Crippen molar-refractivity contribution < 1.29 is 83.8 Å². The van der Waals surface area contributed by atoms with Crippen molar-refractivity contribution >= 4 is 171 Å². The highest BCUT2D eigenvalue weighted by Gasteiger charge is 2.57. The molecule has 56 heteroatoms. The van der Waals surface area contributed by atoms with Gasteiger partial charge in [-0.15, -0.1) is 0 Å². The summed E-state index contributed by atoms with van der Waals surface area (Å²) in [5.41, 5.74) is 8.62. The molecule has 5 saturated heterocycles. The Labute approximate surface area is 873 Å². The third kappa shape index (κ3) is 27.6. The Morgan fingerprint density at radius 2 is 1.04 bits per heavy atom. The van der Waals surface area contributed by atoms with Crippen LogP contribution in [0.1, 0.15) is 167 Å². The van der Waals surface area contributed by atoms with Crippen molar-refractivity contribution in [2.45, 2.75) is 245 Å². The number of amides is 2. The number of H-pyrrole nitrogens is 2. The van der Waals surface area contributed by atoms with E-state index in [9.17, 15) is 39.3 Å². The molecule has 8 aromatic heterocycles. The van der Waals surface area contributed by atoms with Gasteiger partial charge in [0.1, 0.15) is 93.0 Å². The number of aromatic nitrogens is 16. The molecule has 19 atom stereocenters. The second-order valence-corrected chi connectivity index (χ2v) is 58.8. The van der Waals surface area contributed by atoms with E-state index in [1.165, 1.54) is 25.3 Å². The molecule has 46 nitrogen and oxygen atoms in total. The largest absolute Gasteiger partial charge is 0.408 e. The number of nitrogens with two attached hydrogens (primary N) is 1. The number of imidazole rings is 4. The van der Waals surface area contributed by atoms with Crippen LogP contribution >= 0.6 is 27.5 Å². The van der Waals surface area contributed by atoms with Gasteiger partial charge in [0.2, 0.25) is 6.54 Å². The van der Waals surface area contributed by atoms with Gasteiger partial charge in [-0.05, 0) is 108 Å². The minimum Gasteiger partial charge on any atom is -0.408 e. The number of carbonyl (C=O) groups is 4. The zero-order chi connectivity index (χ0) is 106. The highest BCUT2D eigenvalue weighted by Crippen LogP contribution is 2.56. The normalized spacial score (nSPS) is 25.3. The number of aliphatic hydroxyl groups excluding tert-OH is 1. The van der Waals surface area contributed by atoms with Gasteiger partial charge in [-0.25, -0.2) is 71.7 Å².